The van der Waals surface area contributed by atoms with Gasteiger partial charge in [0.2, 0.25) is 5.84 Å². The summed E-state index contributed by atoms with van der Waals surface area (Å²) >= 11 is 0. The highest BCUT2D eigenvalue weighted by Crippen LogP contribution is 2.17. The van der Waals surface area contributed by atoms with Crippen LogP contribution in [0.3, 0.4) is 0 Å². The Morgan fingerprint density at radius 3 is 2.77 bits per heavy atom. The van der Waals surface area contributed by atoms with E-state index in [1.54, 1.807) is 19.1 Å². The molecule has 8 nitrogen and oxygen atoms in total. The standard InChI is InChI=1S/C11H8F3N5O3/c1-6-3-2-4-8(16-6)17-9(7-5-15-22-18-7)19-21-10(20)11(12,13)14/h2-5H,1H3,(H,16,17,19). The van der Waals surface area contributed by atoms with E-state index in [1.807, 2.05) is 0 Å². The molecular weight excluding hydrogens is 307 g/mol. The molecule has 0 bridgehead atoms. The van der Waals surface area contributed by atoms with Crippen LogP contribution in [0.2, 0.25) is 0 Å². The maximum Gasteiger partial charge on any atom is 0.493 e. The second-order valence-electron chi connectivity index (χ2n) is 3.90. The zero-order valence-corrected chi connectivity index (χ0v) is 11.0. The molecule has 0 aliphatic heterocycles. The molecule has 2 aromatic heterocycles. The minimum Gasteiger partial charge on any atom is -0.320 e. The van der Waals surface area contributed by atoms with Crippen molar-refractivity contribution in [1.82, 2.24) is 15.3 Å². The van der Waals surface area contributed by atoms with Gasteiger partial charge in [0.25, 0.3) is 0 Å². The normalized spacial score (nSPS) is 12.1. The molecule has 0 radical (unpaired) electrons. The summed E-state index contributed by atoms with van der Waals surface area (Å²) in [7, 11) is 0. The highest BCUT2D eigenvalue weighted by atomic mass is 19.4. The number of aryl methyl sites for hydroxylation is 1. The third-order valence-electron chi connectivity index (χ3n) is 2.19. The first-order chi connectivity index (χ1) is 10.4. The zero-order chi connectivity index (χ0) is 16.2. The van der Waals surface area contributed by atoms with Gasteiger partial charge in [0.1, 0.15) is 12.0 Å². The van der Waals surface area contributed by atoms with Crippen molar-refractivity contribution in [3.05, 3.63) is 35.8 Å². The Morgan fingerprint density at radius 1 is 1.41 bits per heavy atom. The fourth-order valence-electron chi connectivity index (χ4n) is 1.28. The quantitative estimate of drug-likeness (QED) is 0.397. The summed E-state index contributed by atoms with van der Waals surface area (Å²) in [6.07, 6.45) is -4.10. The number of halogens is 3. The van der Waals surface area contributed by atoms with Crippen molar-refractivity contribution in [1.29, 1.82) is 0 Å². The molecule has 0 amide bonds. The van der Waals surface area contributed by atoms with Crippen molar-refractivity contribution in [2.24, 2.45) is 5.16 Å². The third-order valence-corrected chi connectivity index (χ3v) is 2.19. The Labute approximate surface area is 120 Å². The van der Waals surface area contributed by atoms with Gasteiger partial charge in [0, 0.05) is 5.69 Å². The molecule has 116 valence electrons. The fraction of sp³-hybridized carbons (Fsp3) is 0.182. The van der Waals surface area contributed by atoms with Crippen molar-refractivity contribution in [3.8, 4) is 0 Å². The lowest BCUT2D eigenvalue weighted by Crippen LogP contribution is -2.25. The number of alkyl halides is 3. The number of aromatic nitrogens is 3. The van der Waals surface area contributed by atoms with E-state index in [0.717, 1.165) is 6.20 Å². The summed E-state index contributed by atoms with van der Waals surface area (Å²) in [5, 5.41) is 12.3. The lowest BCUT2D eigenvalue weighted by molar-refractivity contribution is -0.199. The van der Waals surface area contributed by atoms with Gasteiger partial charge in [-0.2, -0.15) is 13.2 Å². The molecule has 0 spiro atoms. The van der Waals surface area contributed by atoms with Gasteiger partial charge in [0.05, 0.1) is 0 Å². The van der Waals surface area contributed by atoms with Crippen LogP contribution in [-0.2, 0) is 9.63 Å². The Hall–Kier alpha value is -2.98. The van der Waals surface area contributed by atoms with Gasteiger partial charge in [-0.3, -0.25) is 0 Å². The van der Waals surface area contributed by atoms with Gasteiger partial charge in [-0.05, 0) is 24.2 Å². The lowest BCUT2D eigenvalue weighted by atomic mass is 10.3. The monoisotopic (exact) mass is 315 g/mol. The average molecular weight is 315 g/mol. The van der Waals surface area contributed by atoms with Gasteiger partial charge < -0.3 is 10.2 Å². The molecule has 2 rings (SSSR count). The zero-order valence-electron chi connectivity index (χ0n) is 11.0. The minimum absolute atomic E-state index is 0.0710. The maximum atomic E-state index is 12.1. The number of anilines is 1. The molecule has 0 fully saturated rings. The van der Waals surface area contributed by atoms with Crippen LogP contribution in [0.5, 0.6) is 0 Å². The number of amidine groups is 1. The highest BCUT2D eigenvalue weighted by Gasteiger charge is 2.41. The van der Waals surface area contributed by atoms with E-state index >= 15 is 0 Å². The minimum atomic E-state index is -5.17. The molecule has 0 aliphatic carbocycles. The van der Waals surface area contributed by atoms with E-state index in [2.05, 4.69) is 35.2 Å². The topological polar surface area (TPSA) is 102 Å². The molecule has 0 atom stereocenters. The number of oxime groups is 1. The van der Waals surface area contributed by atoms with Crippen LogP contribution in [0.1, 0.15) is 11.4 Å². The molecule has 0 saturated carbocycles. The van der Waals surface area contributed by atoms with Crippen molar-refractivity contribution in [2.45, 2.75) is 13.1 Å². The number of nitrogens with zero attached hydrogens (tertiary/aromatic N) is 4. The molecule has 1 N–H and O–H groups in total. The Bertz CT molecular complexity index is 685. The largest absolute Gasteiger partial charge is 0.493 e. The summed E-state index contributed by atoms with van der Waals surface area (Å²) in [6.45, 7) is 1.71. The summed E-state index contributed by atoms with van der Waals surface area (Å²) in [4.78, 5) is 18.6. The van der Waals surface area contributed by atoms with Crippen LogP contribution in [0.15, 0.2) is 34.2 Å². The van der Waals surface area contributed by atoms with Crippen LogP contribution in [0, 0.1) is 6.92 Å². The second kappa shape index (κ2) is 6.20. The Morgan fingerprint density at radius 2 is 2.18 bits per heavy atom. The van der Waals surface area contributed by atoms with Crippen molar-refractivity contribution >= 4 is 17.6 Å². The molecule has 0 unspecified atom stereocenters. The van der Waals surface area contributed by atoms with Crippen molar-refractivity contribution < 1.29 is 27.4 Å². The Kier molecular flexibility index (Phi) is 4.34. The first kappa shape index (κ1) is 15.4. The molecule has 0 saturated heterocycles. The molecule has 0 aromatic carbocycles. The summed E-state index contributed by atoms with van der Waals surface area (Å²) in [5.74, 6) is -2.54. The van der Waals surface area contributed by atoms with Crippen LogP contribution in [0.25, 0.3) is 0 Å². The van der Waals surface area contributed by atoms with Crippen LogP contribution >= 0.6 is 0 Å². The van der Waals surface area contributed by atoms with E-state index in [0.29, 0.717) is 5.69 Å². The molecule has 2 aromatic rings. The molecule has 22 heavy (non-hydrogen) atoms. The predicted molar refractivity (Wildman–Crippen MR) is 65.6 cm³/mol. The summed E-state index contributed by atoms with van der Waals surface area (Å²) in [5.41, 5.74) is 0.577. The molecule has 2 heterocycles. The maximum absolute atomic E-state index is 12.1. The summed E-state index contributed by atoms with van der Waals surface area (Å²) < 4.78 is 40.6. The number of pyridine rings is 1. The van der Waals surface area contributed by atoms with Crippen LogP contribution < -0.4 is 5.32 Å². The van der Waals surface area contributed by atoms with Gasteiger partial charge in [0.15, 0.2) is 5.69 Å². The number of carbonyl (C=O) groups is 1. The smallest absolute Gasteiger partial charge is 0.320 e. The number of hydrogen-bond donors (Lipinski definition) is 1. The molecule has 0 aliphatic rings. The Balaban J connectivity index is 2.22. The highest BCUT2D eigenvalue weighted by molar-refractivity contribution is 6.06. The average Bonchev–Trinajstić information content (AvgIpc) is 2.96. The first-order valence-corrected chi connectivity index (χ1v) is 5.71. The SMILES string of the molecule is Cc1cccc(NC(=NOC(=O)C(F)(F)F)c2cnon2)n1. The first-order valence-electron chi connectivity index (χ1n) is 5.71. The van der Waals surface area contributed by atoms with Crippen LogP contribution in [-0.4, -0.2) is 33.3 Å². The van der Waals surface area contributed by atoms with Gasteiger partial charge >= 0.3 is 12.1 Å². The van der Waals surface area contributed by atoms with Crippen LogP contribution in [0.4, 0.5) is 19.0 Å². The fourth-order valence-corrected chi connectivity index (χ4v) is 1.28. The van der Waals surface area contributed by atoms with E-state index in [1.165, 1.54) is 6.07 Å². The second-order valence-corrected chi connectivity index (χ2v) is 3.90. The van der Waals surface area contributed by atoms with E-state index in [4.69, 9.17) is 0 Å². The van der Waals surface area contributed by atoms with E-state index in [-0.39, 0.29) is 17.3 Å². The molecule has 11 heteroatoms. The number of carbonyl (C=O) groups excluding carboxylic acids is 1. The molecular formula is C11H8F3N5O3. The van der Waals surface area contributed by atoms with E-state index < -0.39 is 12.1 Å². The third kappa shape index (κ3) is 4.01. The predicted octanol–water partition coefficient (Wildman–Crippen LogP) is 1.65. The van der Waals surface area contributed by atoms with Crippen molar-refractivity contribution in [3.63, 3.8) is 0 Å². The number of nitrogens with one attached hydrogen (secondary N) is 1. The summed E-state index contributed by atoms with van der Waals surface area (Å²) in [6, 6.07) is 4.90. The number of rotatable bonds is 3. The van der Waals surface area contributed by atoms with Gasteiger partial charge in [-0.25, -0.2) is 14.4 Å². The van der Waals surface area contributed by atoms with Crippen molar-refractivity contribution in [2.75, 3.05) is 5.32 Å². The van der Waals surface area contributed by atoms with Gasteiger partial charge in [-0.15, -0.1) is 0 Å². The number of hydrogen-bond acceptors (Lipinski definition) is 7. The van der Waals surface area contributed by atoms with E-state index in [9.17, 15) is 18.0 Å². The van der Waals surface area contributed by atoms with Gasteiger partial charge in [-0.1, -0.05) is 16.4 Å². The lowest BCUT2D eigenvalue weighted by Gasteiger charge is -2.07.